The molecule has 2 aromatic carbocycles. The van der Waals surface area contributed by atoms with Crippen LogP contribution in [-0.4, -0.2) is 44.6 Å². The van der Waals surface area contributed by atoms with Gasteiger partial charge in [0.25, 0.3) is 0 Å². The van der Waals surface area contributed by atoms with Crippen LogP contribution in [0.4, 0.5) is 6.01 Å². The summed E-state index contributed by atoms with van der Waals surface area (Å²) in [5.74, 6) is 0.556. The number of carbonyl (C=O) groups is 1. The molecule has 0 amide bonds. The standard InChI is InChI=1S/C30H28Cl2N4O5/c1-15-9-17(11-18(10-15)29(37)38)28-33-34-30(40-28)36-19-7-8-20(36)13-21(12-19)39-14-22-26(35-41-27(22)16-5-6-16)25-23(31)3-2-4-24(25)32/h2-4,9-11,16,19-21H,5-8,12-14H2,1H3,(H,37,38). The van der Waals surface area contributed by atoms with Crippen LogP contribution in [0.15, 0.2) is 45.3 Å². The number of aromatic nitrogens is 3. The lowest BCUT2D eigenvalue weighted by atomic mass is 10.00. The molecular formula is C30H28Cl2N4O5. The number of carboxylic acid groups (broad SMARTS) is 1. The number of ether oxygens (including phenoxy) is 1. The van der Waals surface area contributed by atoms with E-state index in [1.807, 2.05) is 19.1 Å². The molecule has 2 bridgehead atoms. The minimum Gasteiger partial charge on any atom is -0.478 e. The zero-order valence-electron chi connectivity index (χ0n) is 22.3. The molecule has 0 radical (unpaired) electrons. The van der Waals surface area contributed by atoms with E-state index in [1.165, 1.54) is 0 Å². The number of rotatable bonds is 8. The topological polar surface area (TPSA) is 115 Å². The van der Waals surface area contributed by atoms with Crippen LogP contribution in [0.2, 0.25) is 10.0 Å². The normalized spacial score (nSPS) is 21.9. The number of aryl methyl sites for hydroxylation is 1. The highest BCUT2D eigenvalue weighted by molar-refractivity contribution is 6.39. The van der Waals surface area contributed by atoms with E-state index < -0.39 is 5.97 Å². The van der Waals surface area contributed by atoms with Crippen LogP contribution in [0.25, 0.3) is 22.7 Å². The monoisotopic (exact) mass is 594 g/mol. The van der Waals surface area contributed by atoms with Gasteiger partial charge >= 0.3 is 12.0 Å². The Labute approximate surface area is 246 Å². The summed E-state index contributed by atoms with van der Waals surface area (Å²) in [5.41, 5.74) is 3.87. The minimum atomic E-state index is -0.993. The Morgan fingerprint density at radius 3 is 2.49 bits per heavy atom. The van der Waals surface area contributed by atoms with Gasteiger partial charge in [0.2, 0.25) is 5.89 Å². The molecule has 7 rings (SSSR count). The van der Waals surface area contributed by atoms with Gasteiger partial charge in [0.15, 0.2) is 0 Å². The van der Waals surface area contributed by atoms with Crippen LogP contribution in [0.1, 0.15) is 71.7 Å². The maximum Gasteiger partial charge on any atom is 0.335 e. The number of fused-ring (bicyclic) bond motifs is 2. The highest BCUT2D eigenvalue weighted by Gasteiger charge is 2.44. The first-order valence-corrected chi connectivity index (χ1v) is 14.6. The van der Waals surface area contributed by atoms with Crippen molar-refractivity contribution in [2.75, 3.05) is 4.90 Å². The second kappa shape index (κ2) is 10.5. The maximum atomic E-state index is 11.5. The first-order valence-electron chi connectivity index (χ1n) is 13.9. The van der Waals surface area contributed by atoms with E-state index in [-0.39, 0.29) is 23.8 Å². The van der Waals surface area contributed by atoms with Crippen LogP contribution in [0.5, 0.6) is 0 Å². The van der Waals surface area contributed by atoms with Crippen molar-refractivity contribution in [1.29, 1.82) is 0 Å². The van der Waals surface area contributed by atoms with Crippen LogP contribution in [0, 0.1) is 6.92 Å². The summed E-state index contributed by atoms with van der Waals surface area (Å²) in [6, 6.07) is 11.3. The number of carboxylic acids is 1. The number of benzene rings is 2. The second-order valence-corrected chi connectivity index (χ2v) is 12.0. The van der Waals surface area contributed by atoms with Gasteiger partial charge in [0.1, 0.15) is 11.5 Å². The quantitative estimate of drug-likeness (QED) is 0.224. The van der Waals surface area contributed by atoms with E-state index in [9.17, 15) is 9.90 Å². The third-order valence-electron chi connectivity index (χ3n) is 8.33. The molecule has 11 heteroatoms. The van der Waals surface area contributed by atoms with E-state index in [1.54, 1.807) is 24.3 Å². The molecule has 1 aliphatic carbocycles. The van der Waals surface area contributed by atoms with E-state index in [2.05, 4.69) is 20.3 Å². The second-order valence-electron chi connectivity index (χ2n) is 11.2. The molecule has 41 heavy (non-hydrogen) atoms. The van der Waals surface area contributed by atoms with Crippen molar-refractivity contribution in [3.05, 3.63) is 68.9 Å². The van der Waals surface area contributed by atoms with Gasteiger partial charge in [-0.05, 0) is 81.3 Å². The summed E-state index contributed by atoms with van der Waals surface area (Å²) >= 11 is 13.0. The first-order chi connectivity index (χ1) is 19.9. The van der Waals surface area contributed by atoms with Crippen molar-refractivity contribution in [3.8, 4) is 22.7 Å². The number of piperidine rings is 1. The van der Waals surface area contributed by atoms with Crippen molar-refractivity contribution >= 4 is 35.2 Å². The largest absolute Gasteiger partial charge is 0.478 e. The lowest BCUT2D eigenvalue weighted by Crippen LogP contribution is -2.45. The Hall–Kier alpha value is -3.40. The zero-order chi connectivity index (χ0) is 28.2. The van der Waals surface area contributed by atoms with Crippen molar-refractivity contribution in [2.45, 2.75) is 76.2 Å². The van der Waals surface area contributed by atoms with Crippen molar-refractivity contribution < 1.29 is 23.6 Å². The Kier molecular flexibility index (Phi) is 6.76. The third kappa shape index (κ3) is 5.00. The molecule has 2 unspecified atom stereocenters. The predicted octanol–water partition coefficient (Wildman–Crippen LogP) is 7.30. The fourth-order valence-electron chi connectivity index (χ4n) is 6.29. The number of nitrogens with zero attached hydrogens (tertiary/aromatic N) is 4. The lowest BCUT2D eigenvalue weighted by Gasteiger charge is -2.37. The van der Waals surface area contributed by atoms with E-state index >= 15 is 0 Å². The van der Waals surface area contributed by atoms with Crippen molar-refractivity contribution in [1.82, 2.24) is 15.4 Å². The molecule has 0 spiro atoms. The molecule has 2 aliphatic heterocycles. The molecule has 4 aromatic rings. The van der Waals surface area contributed by atoms with Crippen molar-refractivity contribution in [3.63, 3.8) is 0 Å². The van der Waals surface area contributed by atoms with Crippen LogP contribution in [0.3, 0.4) is 0 Å². The molecule has 2 aromatic heterocycles. The molecule has 2 atom stereocenters. The lowest BCUT2D eigenvalue weighted by molar-refractivity contribution is 0.0139. The van der Waals surface area contributed by atoms with Gasteiger partial charge in [-0.25, -0.2) is 4.79 Å². The zero-order valence-corrected chi connectivity index (χ0v) is 23.9. The van der Waals surface area contributed by atoms with Gasteiger partial charge in [-0.1, -0.05) is 39.5 Å². The maximum absolute atomic E-state index is 11.5. The Morgan fingerprint density at radius 1 is 1.07 bits per heavy atom. The van der Waals surface area contributed by atoms with E-state index in [0.29, 0.717) is 51.3 Å². The molecule has 4 heterocycles. The summed E-state index contributed by atoms with van der Waals surface area (Å²) in [6.45, 7) is 2.22. The fraction of sp³-hybridized carbons (Fsp3) is 0.400. The average Bonchev–Trinajstić information content (AvgIpc) is 3.41. The van der Waals surface area contributed by atoms with E-state index in [4.69, 9.17) is 36.9 Å². The van der Waals surface area contributed by atoms with Gasteiger partial charge in [-0.15, -0.1) is 5.10 Å². The number of hydrogen-bond acceptors (Lipinski definition) is 8. The van der Waals surface area contributed by atoms with Crippen LogP contribution in [-0.2, 0) is 11.3 Å². The molecule has 1 N–H and O–H groups in total. The van der Waals surface area contributed by atoms with Gasteiger partial charge in [0, 0.05) is 34.7 Å². The summed E-state index contributed by atoms with van der Waals surface area (Å²) in [4.78, 5) is 13.7. The van der Waals surface area contributed by atoms with E-state index in [0.717, 1.165) is 55.4 Å². The summed E-state index contributed by atoms with van der Waals surface area (Å²) in [5, 5.41) is 23.5. The highest BCUT2D eigenvalue weighted by atomic mass is 35.5. The van der Waals surface area contributed by atoms with Gasteiger partial charge in [-0.3, -0.25) is 0 Å². The molecule has 3 aliphatic rings. The number of halogens is 2. The first kappa shape index (κ1) is 26.5. The Morgan fingerprint density at radius 2 is 1.80 bits per heavy atom. The average molecular weight is 595 g/mol. The third-order valence-corrected chi connectivity index (χ3v) is 8.96. The fourth-order valence-corrected chi connectivity index (χ4v) is 6.87. The van der Waals surface area contributed by atoms with Gasteiger partial charge in [-0.2, -0.15) is 0 Å². The summed E-state index contributed by atoms with van der Waals surface area (Å²) < 4.78 is 18.4. The summed E-state index contributed by atoms with van der Waals surface area (Å²) in [7, 11) is 0. The SMILES string of the molecule is Cc1cc(C(=O)O)cc(-c2nnc(N3C4CCC3CC(OCc3c(-c5c(Cl)cccc5Cl)noc3C3CC3)C4)o2)c1. The number of hydrogen-bond donors (Lipinski definition) is 1. The van der Waals surface area contributed by atoms with Crippen molar-refractivity contribution in [2.24, 2.45) is 0 Å². The minimum absolute atomic E-state index is 0.0533. The molecule has 3 fully saturated rings. The smallest absolute Gasteiger partial charge is 0.335 e. The van der Waals surface area contributed by atoms with Gasteiger partial charge < -0.3 is 23.7 Å². The molecule has 212 valence electrons. The van der Waals surface area contributed by atoms with Crippen LogP contribution >= 0.6 is 23.2 Å². The Bertz CT molecular complexity index is 1600. The Balaban J connectivity index is 1.08. The predicted molar refractivity (Wildman–Crippen MR) is 152 cm³/mol. The molecule has 1 saturated carbocycles. The number of aromatic carboxylic acids is 1. The van der Waals surface area contributed by atoms with Gasteiger partial charge in [0.05, 0.1) is 28.3 Å². The molecule has 2 saturated heterocycles. The highest BCUT2D eigenvalue weighted by Crippen LogP contribution is 2.47. The molecule has 9 nitrogen and oxygen atoms in total. The van der Waals surface area contributed by atoms with Crippen LogP contribution < -0.4 is 4.90 Å². The number of anilines is 1. The molecular weight excluding hydrogens is 567 g/mol. The summed E-state index contributed by atoms with van der Waals surface area (Å²) in [6.07, 6.45) is 5.88.